The van der Waals surface area contributed by atoms with Gasteiger partial charge in [0.15, 0.2) is 5.29 Å². The van der Waals surface area contributed by atoms with Crippen LogP contribution in [0.2, 0.25) is 0 Å². The summed E-state index contributed by atoms with van der Waals surface area (Å²) in [7, 11) is 0. The van der Waals surface area contributed by atoms with Gasteiger partial charge in [0.1, 0.15) is 10.5 Å². The number of hydrogen-bond donors (Lipinski definition) is 1. The van der Waals surface area contributed by atoms with Gasteiger partial charge in [-0.05, 0) is 30.2 Å². The van der Waals surface area contributed by atoms with Crippen molar-refractivity contribution in [2.45, 2.75) is 12.5 Å². The van der Waals surface area contributed by atoms with Gasteiger partial charge in [-0.15, -0.1) is 11.3 Å². The minimum absolute atomic E-state index is 0.445. The second-order valence-electron chi connectivity index (χ2n) is 5.27. The summed E-state index contributed by atoms with van der Waals surface area (Å²) in [6.45, 7) is 2.13. The summed E-state index contributed by atoms with van der Waals surface area (Å²) in [6, 6.07) is 18.7. The maximum Gasteiger partial charge on any atom is 0.197 e. The predicted molar refractivity (Wildman–Crippen MR) is 91.6 cm³/mol. The van der Waals surface area contributed by atoms with Crippen LogP contribution in [0.25, 0.3) is 10.1 Å². The fourth-order valence-corrected chi connectivity index (χ4v) is 4.49. The number of hydrogen-bond acceptors (Lipinski definition) is 3. The molecule has 1 aromatic heterocycles. The van der Waals surface area contributed by atoms with E-state index in [-0.39, 0.29) is 0 Å². The van der Waals surface area contributed by atoms with E-state index in [0.717, 1.165) is 10.6 Å². The number of rotatable bonds is 1. The number of amidine groups is 1. The first kappa shape index (κ1) is 12.9. The molecule has 104 valence electrons. The molecule has 3 aromatic rings. The van der Waals surface area contributed by atoms with Crippen LogP contribution in [0, 0.1) is 0 Å². The molecule has 21 heavy (non-hydrogen) atoms. The largest absolute Gasteiger partial charge is 0.322 e. The van der Waals surface area contributed by atoms with Crippen molar-refractivity contribution in [3.8, 4) is 0 Å². The van der Waals surface area contributed by atoms with Crippen LogP contribution in [-0.4, -0.2) is 5.29 Å². The van der Waals surface area contributed by atoms with Crippen LogP contribution in [0.1, 0.15) is 18.1 Å². The highest BCUT2D eigenvalue weighted by Crippen LogP contribution is 2.48. The number of fused-ring (bicyclic) bond motifs is 3. The maximum atomic E-state index is 6.25. The van der Waals surface area contributed by atoms with E-state index in [1.54, 1.807) is 11.3 Å². The van der Waals surface area contributed by atoms with Gasteiger partial charge in [-0.25, -0.2) is 4.99 Å². The lowest BCUT2D eigenvalue weighted by Crippen LogP contribution is -2.28. The summed E-state index contributed by atoms with van der Waals surface area (Å²) in [5.74, 6) is 0. The molecule has 0 radical (unpaired) electrons. The third-order valence-electron chi connectivity index (χ3n) is 3.96. The van der Waals surface area contributed by atoms with Gasteiger partial charge in [0.2, 0.25) is 0 Å². The van der Waals surface area contributed by atoms with Crippen molar-refractivity contribution >= 4 is 43.3 Å². The van der Waals surface area contributed by atoms with Crippen LogP contribution < -0.4 is 5.32 Å². The van der Waals surface area contributed by atoms with Crippen LogP contribution in [0.4, 0.5) is 5.00 Å². The van der Waals surface area contributed by atoms with E-state index in [9.17, 15) is 0 Å². The topological polar surface area (TPSA) is 24.4 Å². The van der Waals surface area contributed by atoms with Gasteiger partial charge in [-0.1, -0.05) is 48.5 Å². The Balaban J connectivity index is 2.06. The minimum atomic E-state index is -0.460. The van der Waals surface area contributed by atoms with Gasteiger partial charge in [0.25, 0.3) is 0 Å². The SMILES string of the molecule is CC1(c2ccccc2)N=C(Cl)Nc2sc3ccccc3c21. The molecule has 0 aliphatic carbocycles. The highest BCUT2D eigenvalue weighted by Gasteiger charge is 2.37. The first-order valence-electron chi connectivity index (χ1n) is 6.78. The van der Waals surface area contributed by atoms with Crippen molar-refractivity contribution in [1.29, 1.82) is 0 Å². The van der Waals surface area contributed by atoms with E-state index < -0.39 is 5.54 Å². The molecule has 1 aliphatic rings. The van der Waals surface area contributed by atoms with Gasteiger partial charge < -0.3 is 5.32 Å². The molecule has 2 heterocycles. The molecule has 0 bridgehead atoms. The highest BCUT2D eigenvalue weighted by molar-refractivity contribution is 7.23. The summed E-state index contributed by atoms with van der Waals surface area (Å²) < 4.78 is 1.25. The van der Waals surface area contributed by atoms with Crippen molar-refractivity contribution in [3.05, 3.63) is 65.7 Å². The molecule has 0 saturated carbocycles. The normalized spacial score (nSPS) is 20.8. The van der Waals surface area contributed by atoms with Crippen LogP contribution in [0.3, 0.4) is 0 Å². The lowest BCUT2D eigenvalue weighted by molar-refractivity contribution is 0.613. The van der Waals surface area contributed by atoms with Gasteiger partial charge in [0, 0.05) is 15.6 Å². The van der Waals surface area contributed by atoms with Gasteiger partial charge in [-0.3, -0.25) is 0 Å². The Labute approximate surface area is 132 Å². The fraction of sp³-hybridized carbons (Fsp3) is 0.118. The Bertz CT molecular complexity index is 854. The zero-order chi connectivity index (χ0) is 14.4. The molecule has 0 saturated heterocycles. The number of aliphatic imine (C=N–C) groups is 1. The Morgan fingerprint density at radius 1 is 1.05 bits per heavy atom. The Kier molecular flexibility index (Phi) is 2.81. The van der Waals surface area contributed by atoms with Crippen molar-refractivity contribution in [2.24, 2.45) is 4.99 Å². The summed E-state index contributed by atoms with van der Waals surface area (Å²) >= 11 is 7.98. The molecule has 2 nitrogen and oxygen atoms in total. The average molecular weight is 313 g/mol. The first-order chi connectivity index (χ1) is 10.2. The number of anilines is 1. The van der Waals surface area contributed by atoms with E-state index in [4.69, 9.17) is 16.6 Å². The minimum Gasteiger partial charge on any atom is -0.322 e. The van der Waals surface area contributed by atoms with E-state index in [1.807, 2.05) is 18.2 Å². The molecule has 1 N–H and O–H groups in total. The molecule has 0 fully saturated rings. The molecule has 4 rings (SSSR count). The third kappa shape index (κ3) is 1.88. The highest BCUT2D eigenvalue weighted by atomic mass is 35.5. The third-order valence-corrected chi connectivity index (χ3v) is 5.22. The van der Waals surface area contributed by atoms with Gasteiger partial charge in [0.05, 0.1) is 0 Å². The van der Waals surface area contributed by atoms with Gasteiger partial charge in [-0.2, -0.15) is 0 Å². The lowest BCUT2D eigenvalue weighted by Gasteiger charge is -2.31. The quantitative estimate of drug-likeness (QED) is 0.615. The molecule has 2 aromatic carbocycles. The maximum absolute atomic E-state index is 6.25. The monoisotopic (exact) mass is 312 g/mol. The Hall–Kier alpha value is -1.84. The summed E-state index contributed by atoms with van der Waals surface area (Å²) in [5, 5.41) is 5.98. The van der Waals surface area contributed by atoms with E-state index in [1.165, 1.54) is 15.6 Å². The van der Waals surface area contributed by atoms with E-state index in [0.29, 0.717) is 5.29 Å². The van der Waals surface area contributed by atoms with Crippen molar-refractivity contribution in [3.63, 3.8) is 0 Å². The lowest BCUT2D eigenvalue weighted by atomic mass is 9.84. The fourth-order valence-electron chi connectivity index (χ4n) is 2.96. The Morgan fingerprint density at radius 3 is 2.57 bits per heavy atom. The number of nitrogens with one attached hydrogen (secondary N) is 1. The summed E-state index contributed by atoms with van der Waals surface area (Å²) in [4.78, 5) is 4.73. The predicted octanol–water partition coefficient (Wildman–Crippen LogP) is 5.19. The van der Waals surface area contributed by atoms with Crippen molar-refractivity contribution < 1.29 is 0 Å². The van der Waals surface area contributed by atoms with E-state index >= 15 is 0 Å². The second kappa shape index (κ2) is 4.58. The number of benzene rings is 2. The molecular formula is C17H13ClN2S. The van der Waals surface area contributed by atoms with Crippen molar-refractivity contribution in [2.75, 3.05) is 5.32 Å². The zero-order valence-electron chi connectivity index (χ0n) is 11.4. The van der Waals surface area contributed by atoms with E-state index in [2.05, 4.69) is 48.6 Å². The van der Waals surface area contributed by atoms with Crippen LogP contribution in [-0.2, 0) is 5.54 Å². The Morgan fingerprint density at radius 2 is 1.76 bits per heavy atom. The van der Waals surface area contributed by atoms with Crippen LogP contribution >= 0.6 is 22.9 Å². The van der Waals surface area contributed by atoms with Crippen LogP contribution in [0.5, 0.6) is 0 Å². The molecule has 1 atom stereocenters. The number of thiophene rings is 1. The molecule has 1 unspecified atom stereocenters. The molecule has 0 spiro atoms. The molecule has 1 aliphatic heterocycles. The molecular weight excluding hydrogens is 300 g/mol. The zero-order valence-corrected chi connectivity index (χ0v) is 13.0. The summed E-state index contributed by atoms with van der Waals surface area (Å²) in [5.41, 5.74) is 1.89. The average Bonchev–Trinajstić information content (AvgIpc) is 2.86. The number of nitrogens with zero attached hydrogens (tertiary/aromatic N) is 1. The van der Waals surface area contributed by atoms with Crippen LogP contribution in [0.15, 0.2) is 59.6 Å². The second-order valence-corrected chi connectivity index (χ2v) is 6.68. The standard InChI is InChI=1S/C17H13ClN2S/c1-17(11-7-3-2-4-8-11)14-12-9-5-6-10-13(12)21-15(14)19-16(18)20-17/h2-10H,1H3,(H,19,20). The molecule has 4 heteroatoms. The van der Waals surface area contributed by atoms with Crippen molar-refractivity contribution in [1.82, 2.24) is 0 Å². The summed E-state index contributed by atoms with van der Waals surface area (Å²) in [6.07, 6.45) is 0. The smallest absolute Gasteiger partial charge is 0.197 e. The molecule has 0 amide bonds. The first-order valence-corrected chi connectivity index (χ1v) is 7.98. The number of halogens is 1. The van der Waals surface area contributed by atoms with Gasteiger partial charge >= 0.3 is 0 Å².